The van der Waals surface area contributed by atoms with Gasteiger partial charge in [0.15, 0.2) is 5.13 Å². The molecule has 29 heavy (non-hydrogen) atoms. The number of nitrogens with zero attached hydrogens (tertiary/aromatic N) is 3. The third-order valence-electron chi connectivity index (χ3n) is 3.68. The third-order valence-corrected chi connectivity index (χ3v) is 5.35. The van der Waals surface area contributed by atoms with Gasteiger partial charge in [0.25, 0.3) is 0 Å². The Hall–Kier alpha value is -2.96. The number of carbonyl (C=O) groups is 1. The minimum atomic E-state index is -2.53. The molecule has 3 rings (SSSR count). The number of benzene rings is 1. The summed E-state index contributed by atoms with van der Waals surface area (Å²) in [7, 11) is 1.40. The number of rotatable bonds is 7. The summed E-state index contributed by atoms with van der Waals surface area (Å²) in [6.45, 7) is 0.123. The van der Waals surface area contributed by atoms with Crippen LogP contribution in [0.4, 0.5) is 14.3 Å². The zero-order valence-electron chi connectivity index (χ0n) is 15.0. The first-order valence-corrected chi connectivity index (χ1v) is 10.2. The molecule has 2 heterocycles. The summed E-state index contributed by atoms with van der Waals surface area (Å²) in [4.78, 5) is 24.0. The van der Waals surface area contributed by atoms with E-state index in [2.05, 4.69) is 25.6 Å². The van der Waals surface area contributed by atoms with Crippen LogP contribution < -0.4 is 15.4 Å². The smallest absolute Gasteiger partial charge is 0.321 e. The second-order valence-corrected chi connectivity index (χ2v) is 7.51. The van der Waals surface area contributed by atoms with Crippen LogP contribution >= 0.6 is 11.3 Å². The molecule has 3 aromatic rings. The molecule has 0 radical (unpaired) electrons. The minimum absolute atomic E-state index is 0.111. The number of halogens is 1. The maximum absolute atomic E-state index is 13.2. The highest BCUT2D eigenvalue weighted by Crippen LogP contribution is 2.29. The third kappa shape index (κ3) is 5.53. The number of methoxy groups -OCH3 is 1. The average molecular weight is 436 g/mol. The summed E-state index contributed by atoms with van der Waals surface area (Å²) in [5.74, 6) is -0.395. The van der Waals surface area contributed by atoms with E-state index in [9.17, 15) is 17.9 Å². The van der Waals surface area contributed by atoms with E-state index in [1.165, 1.54) is 37.0 Å². The zero-order valence-corrected chi connectivity index (χ0v) is 16.6. The summed E-state index contributed by atoms with van der Waals surface area (Å²) in [5, 5.41) is 5.73. The lowest BCUT2D eigenvalue weighted by Crippen LogP contribution is -2.28. The van der Waals surface area contributed by atoms with Crippen LogP contribution in [-0.2, 0) is 17.6 Å². The lowest BCUT2D eigenvalue weighted by molar-refractivity contribution is 0.251. The number of carbonyl (C=O) groups excluding carboxylic acids is 1. The Kier molecular flexibility index (Phi) is 6.80. The molecule has 0 bridgehead atoms. The van der Waals surface area contributed by atoms with E-state index in [1.54, 1.807) is 12.1 Å². The molecule has 12 heteroatoms. The highest BCUT2D eigenvalue weighted by Gasteiger charge is 2.20. The first-order chi connectivity index (χ1) is 14.0. The van der Waals surface area contributed by atoms with Crippen molar-refractivity contribution in [3.63, 3.8) is 0 Å². The van der Waals surface area contributed by atoms with Crippen molar-refractivity contribution in [1.82, 2.24) is 20.3 Å². The van der Waals surface area contributed by atoms with Crippen molar-refractivity contribution in [3.05, 3.63) is 64.7 Å². The number of aromatic nitrogens is 3. The predicted molar refractivity (Wildman–Crippen MR) is 104 cm³/mol. The van der Waals surface area contributed by atoms with Gasteiger partial charge in [-0.15, -0.1) is 11.3 Å². The van der Waals surface area contributed by atoms with Crippen LogP contribution in [0.2, 0.25) is 0 Å². The second-order valence-electron chi connectivity index (χ2n) is 5.66. The first-order valence-electron chi connectivity index (χ1n) is 8.15. The lowest BCUT2D eigenvalue weighted by atomic mass is 10.2. The second kappa shape index (κ2) is 9.49. The highest BCUT2D eigenvalue weighted by molar-refractivity contribution is 7.79. The molecule has 9 nitrogen and oxygen atoms in total. The van der Waals surface area contributed by atoms with Crippen LogP contribution in [0, 0.1) is 5.82 Å². The summed E-state index contributed by atoms with van der Waals surface area (Å²) in [5.41, 5.74) is 1.13. The maximum Gasteiger partial charge on any atom is 0.321 e. The van der Waals surface area contributed by atoms with Crippen LogP contribution in [0.3, 0.4) is 0 Å². The van der Waals surface area contributed by atoms with Crippen LogP contribution in [0.5, 0.6) is 6.01 Å². The SMILES string of the molecule is COc1ncc(C(c2csc(NC(=O)NCc3cccc(F)c3)n2)S(=O)[O-])cn1. The number of urea groups is 1. The van der Waals surface area contributed by atoms with Gasteiger partial charge in [-0.25, -0.2) is 24.1 Å². The van der Waals surface area contributed by atoms with Crippen molar-refractivity contribution in [2.24, 2.45) is 0 Å². The van der Waals surface area contributed by atoms with Gasteiger partial charge >= 0.3 is 12.0 Å². The highest BCUT2D eigenvalue weighted by atomic mass is 32.2. The molecule has 2 aromatic heterocycles. The fraction of sp³-hybridized carbons (Fsp3) is 0.176. The first kappa shape index (κ1) is 20.8. The molecular weight excluding hydrogens is 421 g/mol. The number of thiazole rings is 1. The van der Waals surface area contributed by atoms with E-state index in [1.807, 2.05) is 0 Å². The molecule has 0 spiro atoms. The average Bonchev–Trinajstić information content (AvgIpc) is 3.14. The Morgan fingerprint density at radius 1 is 1.38 bits per heavy atom. The zero-order chi connectivity index (χ0) is 20.8. The Bertz CT molecular complexity index is 1020. The van der Waals surface area contributed by atoms with Gasteiger partial charge in [0.2, 0.25) is 0 Å². The topological polar surface area (TPSA) is 129 Å². The van der Waals surface area contributed by atoms with Crippen molar-refractivity contribution in [2.75, 3.05) is 12.4 Å². The van der Waals surface area contributed by atoms with Gasteiger partial charge in [0.05, 0.1) is 18.1 Å². The van der Waals surface area contributed by atoms with Crippen molar-refractivity contribution >= 4 is 33.6 Å². The molecule has 1 aromatic carbocycles. The van der Waals surface area contributed by atoms with Gasteiger partial charge in [0.1, 0.15) is 5.82 Å². The largest absolute Gasteiger partial charge is 0.772 e. The van der Waals surface area contributed by atoms with E-state index in [4.69, 9.17) is 4.74 Å². The number of amides is 2. The molecule has 0 aliphatic carbocycles. The Balaban J connectivity index is 1.66. The Morgan fingerprint density at radius 2 is 2.14 bits per heavy atom. The molecule has 0 aliphatic heterocycles. The number of hydrogen-bond acceptors (Lipinski definition) is 8. The van der Waals surface area contributed by atoms with Crippen molar-refractivity contribution in [3.8, 4) is 6.01 Å². The molecule has 0 aliphatic rings. The van der Waals surface area contributed by atoms with E-state index >= 15 is 0 Å². The van der Waals surface area contributed by atoms with Crippen molar-refractivity contribution in [1.29, 1.82) is 0 Å². The molecule has 2 N–H and O–H groups in total. The minimum Gasteiger partial charge on any atom is -0.772 e. The van der Waals surface area contributed by atoms with Crippen molar-refractivity contribution < 1.29 is 22.7 Å². The standard InChI is InChI=1S/C17H16FN5O4S2/c1-27-16-20-7-11(8-21-16)14(29(25)26)13-9-28-17(22-13)23-15(24)19-6-10-3-2-4-12(18)5-10/h2-5,7-9,14H,6H2,1H3,(H,25,26)(H2,19,22,23,24)/p-1. The summed E-state index contributed by atoms with van der Waals surface area (Å²) in [6.07, 6.45) is 2.68. The number of anilines is 1. The maximum atomic E-state index is 13.2. The van der Waals surface area contributed by atoms with Gasteiger partial charge in [-0.1, -0.05) is 12.1 Å². The monoisotopic (exact) mass is 436 g/mol. The van der Waals surface area contributed by atoms with Crippen LogP contribution in [0.1, 0.15) is 22.1 Å². The summed E-state index contributed by atoms with van der Waals surface area (Å²) >= 11 is -1.47. The Morgan fingerprint density at radius 3 is 2.79 bits per heavy atom. The predicted octanol–water partition coefficient (Wildman–Crippen LogP) is 2.37. The molecule has 2 atom stereocenters. The number of nitrogens with one attached hydrogen (secondary N) is 2. The van der Waals surface area contributed by atoms with Gasteiger partial charge in [-0.3, -0.25) is 9.53 Å². The number of hydrogen-bond donors (Lipinski definition) is 2. The van der Waals surface area contributed by atoms with Gasteiger partial charge in [-0.05, 0) is 28.8 Å². The fourth-order valence-electron chi connectivity index (χ4n) is 2.38. The van der Waals surface area contributed by atoms with Gasteiger partial charge in [-0.2, -0.15) is 0 Å². The fourth-order valence-corrected chi connectivity index (χ4v) is 3.86. The van der Waals surface area contributed by atoms with E-state index in [0.717, 1.165) is 11.3 Å². The molecule has 0 fully saturated rings. The molecule has 2 amide bonds. The molecule has 2 unspecified atom stereocenters. The Labute approximate surface area is 171 Å². The molecular formula is C17H15FN5O4S2-. The summed E-state index contributed by atoms with van der Waals surface area (Å²) in [6, 6.07) is 5.40. The lowest BCUT2D eigenvalue weighted by Gasteiger charge is -2.17. The van der Waals surface area contributed by atoms with Crippen molar-refractivity contribution in [2.45, 2.75) is 11.8 Å². The van der Waals surface area contributed by atoms with Crippen LogP contribution in [0.25, 0.3) is 0 Å². The van der Waals surface area contributed by atoms with Crippen LogP contribution in [-0.4, -0.2) is 36.9 Å². The van der Waals surface area contributed by atoms with E-state index in [-0.39, 0.29) is 23.4 Å². The summed E-state index contributed by atoms with van der Waals surface area (Å²) < 4.78 is 41.5. The van der Waals surface area contributed by atoms with Gasteiger partial charge in [0, 0.05) is 29.9 Å². The molecule has 152 valence electrons. The van der Waals surface area contributed by atoms with Crippen LogP contribution in [0.15, 0.2) is 42.0 Å². The number of ether oxygens (including phenoxy) is 1. The quantitative estimate of drug-likeness (QED) is 0.544. The van der Waals surface area contributed by atoms with E-state index in [0.29, 0.717) is 11.1 Å². The molecule has 0 saturated carbocycles. The van der Waals surface area contributed by atoms with E-state index < -0.39 is 28.2 Å². The normalized spacial score (nSPS) is 12.8. The molecule has 0 saturated heterocycles. The van der Waals surface area contributed by atoms with Gasteiger partial charge < -0.3 is 14.6 Å².